The molecule has 8 nitrogen and oxygen atoms in total. The van der Waals surface area contributed by atoms with Crippen molar-refractivity contribution in [3.8, 4) is 23.1 Å². The molecule has 8 heteroatoms. The van der Waals surface area contributed by atoms with Gasteiger partial charge in [0.1, 0.15) is 5.52 Å². The number of nitrogens with zero attached hydrogens (tertiary/aromatic N) is 4. The number of amides is 1. The smallest absolute Gasteiger partial charge is 0.267 e. The quantitative estimate of drug-likeness (QED) is 0.537. The van der Waals surface area contributed by atoms with Gasteiger partial charge in [-0.2, -0.15) is 4.98 Å². The molecule has 0 spiro atoms. The molecule has 1 aliphatic rings. The summed E-state index contributed by atoms with van der Waals surface area (Å²) in [6, 6.07) is 11.0. The first-order valence-electron chi connectivity index (χ1n) is 8.67. The summed E-state index contributed by atoms with van der Waals surface area (Å²) >= 11 is 0. The van der Waals surface area contributed by atoms with Crippen LogP contribution in [0.4, 0.5) is 11.8 Å². The minimum Gasteiger partial charge on any atom is -0.382 e. The zero-order valence-electron chi connectivity index (χ0n) is 15.2. The average molecular weight is 374 g/mol. The van der Waals surface area contributed by atoms with Gasteiger partial charge in [-0.3, -0.25) is 4.79 Å². The third kappa shape index (κ3) is 3.08. The molecule has 1 aliphatic heterocycles. The van der Waals surface area contributed by atoms with Crippen molar-refractivity contribution in [2.75, 3.05) is 25.1 Å². The van der Waals surface area contributed by atoms with E-state index in [2.05, 4.69) is 26.8 Å². The lowest BCUT2D eigenvalue weighted by Gasteiger charge is -2.13. The summed E-state index contributed by atoms with van der Waals surface area (Å²) in [7, 11) is 1.65. The molecule has 4 rings (SSSR count). The number of carbonyl (C=O) groups excluding carboxylic acids is 1. The molecular weight excluding hydrogens is 356 g/mol. The predicted octanol–water partition coefficient (Wildman–Crippen LogP) is 0.801. The number of hydrogen-bond donors (Lipinski definition) is 3. The van der Waals surface area contributed by atoms with Gasteiger partial charge in [0.05, 0.1) is 11.2 Å². The summed E-state index contributed by atoms with van der Waals surface area (Å²) in [5.41, 5.74) is 13.1. The highest BCUT2D eigenvalue weighted by Crippen LogP contribution is 2.24. The summed E-state index contributed by atoms with van der Waals surface area (Å²) in [6.07, 6.45) is 0.295. The van der Waals surface area contributed by atoms with Gasteiger partial charge in [0.25, 0.3) is 5.91 Å². The van der Waals surface area contributed by atoms with E-state index in [1.807, 2.05) is 30.3 Å². The molecule has 0 unspecified atom stereocenters. The molecule has 1 aromatic carbocycles. The van der Waals surface area contributed by atoms with Crippen LogP contribution in [0.2, 0.25) is 0 Å². The van der Waals surface area contributed by atoms with Gasteiger partial charge >= 0.3 is 0 Å². The Balaban J connectivity index is 1.70. The van der Waals surface area contributed by atoms with E-state index in [1.54, 1.807) is 13.1 Å². The fraction of sp³-hybridized carbons (Fsp3) is 0.200. The van der Waals surface area contributed by atoms with E-state index < -0.39 is 5.60 Å². The number of pyridine rings is 1. The first-order chi connectivity index (χ1) is 13.4. The molecule has 140 valence electrons. The van der Waals surface area contributed by atoms with Crippen LogP contribution in [0.1, 0.15) is 12.0 Å². The number of rotatable bonds is 1. The first-order valence-corrected chi connectivity index (χ1v) is 8.67. The fourth-order valence-electron chi connectivity index (χ4n) is 3.12. The molecule has 1 fully saturated rings. The largest absolute Gasteiger partial charge is 0.382 e. The van der Waals surface area contributed by atoms with Crippen LogP contribution in [0.5, 0.6) is 0 Å². The summed E-state index contributed by atoms with van der Waals surface area (Å²) in [6.45, 7) is 0.485. The van der Waals surface area contributed by atoms with Crippen molar-refractivity contribution in [3.63, 3.8) is 0 Å². The van der Waals surface area contributed by atoms with Gasteiger partial charge in [0, 0.05) is 31.1 Å². The van der Waals surface area contributed by atoms with Gasteiger partial charge in [0.2, 0.25) is 11.5 Å². The van der Waals surface area contributed by atoms with Crippen LogP contribution >= 0.6 is 0 Å². The predicted molar refractivity (Wildman–Crippen MR) is 106 cm³/mol. The molecule has 1 atom stereocenters. The summed E-state index contributed by atoms with van der Waals surface area (Å²) in [5, 5.41) is 10.4. The number of carbonyl (C=O) groups is 1. The molecule has 5 N–H and O–H groups in total. The van der Waals surface area contributed by atoms with Crippen molar-refractivity contribution < 1.29 is 9.90 Å². The standard InChI is InChI=1S/C20H18N6O2/c1-26-10-9-20(28,18(26)27)8-7-12-3-2-4-13(11-12)14-5-6-15-16(23-14)17(21)25-19(22)24-15/h2-6,11,28H,9-10H2,1H3,(H4,21,22,24,25)/t20-/m0/s1. The lowest BCUT2D eigenvalue weighted by Crippen LogP contribution is -2.37. The van der Waals surface area contributed by atoms with Gasteiger partial charge < -0.3 is 21.5 Å². The van der Waals surface area contributed by atoms with E-state index in [9.17, 15) is 9.90 Å². The number of nitrogen functional groups attached to an aromatic ring is 2. The number of anilines is 2. The summed E-state index contributed by atoms with van der Waals surface area (Å²) in [4.78, 5) is 26.1. The van der Waals surface area contributed by atoms with Crippen LogP contribution in [0.15, 0.2) is 36.4 Å². The van der Waals surface area contributed by atoms with Crippen LogP contribution in [0.25, 0.3) is 22.3 Å². The Kier molecular flexibility index (Phi) is 4.09. The Morgan fingerprint density at radius 1 is 1.18 bits per heavy atom. The van der Waals surface area contributed by atoms with Gasteiger partial charge in [-0.1, -0.05) is 24.0 Å². The second kappa shape index (κ2) is 6.48. The van der Waals surface area contributed by atoms with E-state index in [-0.39, 0.29) is 17.7 Å². The summed E-state index contributed by atoms with van der Waals surface area (Å²) in [5.74, 6) is 5.56. The van der Waals surface area contributed by atoms with Gasteiger partial charge in [-0.25, -0.2) is 9.97 Å². The Morgan fingerprint density at radius 2 is 2.00 bits per heavy atom. The van der Waals surface area contributed by atoms with E-state index in [1.165, 1.54) is 4.90 Å². The number of benzene rings is 1. The van der Waals surface area contributed by atoms with E-state index in [0.717, 1.165) is 5.56 Å². The number of aliphatic hydroxyl groups is 1. The maximum absolute atomic E-state index is 12.0. The van der Waals surface area contributed by atoms with E-state index in [4.69, 9.17) is 11.5 Å². The zero-order valence-corrected chi connectivity index (χ0v) is 15.2. The van der Waals surface area contributed by atoms with E-state index >= 15 is 0 Å². The van der Waals surface area contributed by atoms with Crippen LogP contribution < -0.4 is 11.5 Å². The van der Waals surface area contributed by atoms with Crippen molar-refractivity contribution in [2.45, 2.75) is 12.0 Å². The Bertz CT molecular complexity index is 1170. The third-order valence-electron chi connectivity index (χ3n) is 4.67. The van der Waals surface area contributed by atoms with Gasteiger partial charge in [-0.15, -0.1) is 0 Å². The zero-order chi connectivity index (χ0) is 19.9. The lowest BCUT2D eigenvalue weighted by molar-refractivity contribution is -0.137. The van der Waals surface area contributed by atoms with Crippen LogP contribution in [-0.4, -0.2) is 50.1 Å². The molecule has 0 saturated carbocycles. The molecule has 0 aliphatic carbocycles. The minimum absolute atomic E-state index is 0.0989. The second-order valence-electron chi connectivity index (χ2n) is 6.70. The summed E-state index contributed by atoms with van der Waals surface area (Å²) < 4.78 is 0. The monoisotopic (exact) mass is 374 g/mol. The van der Waals surface area contributed by atoms with E-state index in [0.29, 0.717) is 35.3 Å². The Morgan fingerprint density at radius 3 is 2.75 bits per heavy atom. The maximum atomic E-state index is 12.0. The highest BCUT2D eigenvalue weighted by molar-refractivity contribution is 5.90. The van der Waals surface area contributed by atoms with Gasteiger partial charge in [-0.05, 0) is 24.3 Å². The first kappa shape index (κ1) is 17.7. The number of nitrogens with two attached hydrogens (primary N) is 2. The Hall–Kier alpha value is -3.70. The van der Waals surface area contributed by atoms with Crippen molar-refractivity contribution in [1.29, 1.82) is 0 Å². The highest BCUT2D eigenvalue weighted by atomic mass is 16.3. The molecule has 0 radical (unpaired) electrons. The highest BCUT2D eigenvalue weighted by Gasteiger charge is 2.42. The number of hydrogen-bond acceptors (Lipinski definition) is 7. The number of aromatic nitrogens is 3. The normalized spacial score (nSPS) is 18.9. The topological polar surface area (TPSA) is 131 Å². The van der Waals surface area contributed by atoms with Crippen LogP contribution in [-0.2, 0) is 4.79 Å². The molecule has 1 saturated heterocycles. The van der Waals surface area contributed by atoms with Crippen LogP contribution in [0, 0.1) is 11.8 Å². The average Bonchev–Trinajstić information content (AvgIpc) is 2.94. The van der Waals surface area contributed by atoms with Crippen molar-refractivity contribution >= 4 is 28.7 Å². The van der Waals surface area contributed by atoms with Gasteiger partial charge in [0.15, 0.2) is 5.82 Å². The fourth-order valence-corrected chi connectivity index (χ4v) is 3.12. The number of likely N-dealkylation sites (N-methyl/N-ethyl adjacent to an activating group) is 1. The van der Waals surface area contributed by atoms with Crippen molar-refractivity contribution in [1.82, 2.24) is 19.9 Å². The molecule has 28 heavy (non-hydrogen) atoms. The molecule has 3 heterocycles. The van der Waals surface area contributed by atoms with Crippen molar-refractivity contribution in [2.24, 2.45) is 0 Å². The molecular formula is C20H18N6O2. The maximum Gasteiger partial charge on any atom is 0.267 e. The number of fused-ring (bicyclic) bond motifs is 1. The molecule has 1 amide bonds. The minimum atomic E-state index is -1.63. The van der Waals surface area contributed by atoms with Crippen LogP contribution in [0.3, 0.4) is 0 Å². The molecule has 3 aromatic rings. The second-order valence-corrected chi connectivity index (χ2v) is 6.70. The molecule has 2 aromatic heterocycles. The Labute approximate surface area is 161 Å². The number of likely N-dealkylation sites (tertiary alicyclic amines) is 1. The third-order valence-corrected chi connectivity index (χ3v) is 4.67. The SMILES string of the molecule is CN1CC[C@@](O)(C#Cc2cccc(-c3ccc4nc(N)nc(N)c4n3)c2)C1=O. The lowest BCUT2D eigenvalue weighted by atomic mass is 10.0. The molecule has 0 bridgehead atoms. The van der Waals surface area contributed by atoms with Crippen molar-refractivity contribution in [3.05, 3.63) is 42.0 Å².